The Hall–Kier alpha value is -0.340. The zero-order chi connectivity index (χ0) is 11.0. The Morgan fingerprint density at radius 1 is 1.38 bits per heavy atom. The Morgan fingerprint density at radius 2 is 2.19 bits per heavy atom. The molecular weight excluding hydrogens is 214 g/mol. The van der Waals surface area contributed by atoms with E-state index in [1.165, 1.54) is 31.2 Å². The molecule has 2 heteroatoms. The lowest BCUT2D eigenvalue weighted by molar-refractivity contribution is 0.337. The molecule has 2 aliphatic carbocycles. The van der Waals surface area contributed by atoms with Crippen LogP contribution in [0.1, 0.15) is 31.7 Å². The molecular formula is C14H21NS. The molecule has 1 N–H and O–H groups in total. The van der Waals surface area contributed by atoms with E-state index in [9.17, 15) is 0 Å². The van der Waals surface area contributed by atoms with Crippen LogP contribution < -0.4 is 5.32 Å². The summed E-state index contributed by atoms with van der Waals surface area (Å²) < 4.78 is 0. The normalized spacial score (nSPS) is 33.7. The summed E-state index contributed by atoms with van der Waals surface area (Å²) >= 11 is 1.82. The molecule has 0 radical (unpaired) electrons. The van der Waals surface area contributed by atoms with Gasteiger partial charge < -0.3 is 5.32 Å². The maximum Gasteiger partial charge on any atom is 0.0136 e. The maximum absolute atomic E-state index is 3.71. The molecule has 3 rings (SSSR count). The molecule has 2 fully saturated rings. The van der Waals surface area contributed by atoms with Gasteiger partial charge in [0.25, 0.3) is 0 Å². The molecule has 1 nitrogen and oxygen atoms in total. The van der Waals surface area contributed by atoms with Crippen LogP contribution in [-0.2, 0) is 6.42 Å². The second kappa shape index (κ2) is 4.50. The fraction of sp³-hybridized carbons (Fsp3) is 0.714. The van der Waals surface area contributed by atoms with Crippen LogP contribution in [-0.4, -0.2) is 12.6 Å². The van der Waals surface area contributed by atoms with E-state index in [0.29, 0.717) is 0 Å². The summed E-state index contributed by atoms with van der Waals surface area (Å²) in [7, 11) is 0. The number of hydrogen-bond acceptors (Lipinski definition) is 2. The lowest BCUT2D eigenvalue weighted by Crippen LogP contribution is -2.37. The molecule has 16 heavy (non-hydrogen) atoms. The Morgan fingerprint density at radius 3 is 2.81 bits per heavy atom. The van der Waals surface area contributed by atoms with E-state index in [4.69, 9.17) is 0 Å². The fourth-order valence-corrected chi connectivity index (χ4v) is 4.10. The molecule has 2 saturated carbocycles. The summed E-state index contributed by atoms with van der Waals surface area (Å²) in [6.07, 6.45) is 5.76. The van der Waals surface area contributed by atoms with Crippen molar-refractivity contribution in [2.24, 2.45) is 17.8 Å². The summed E-state index contributed by atoms with van der Waals surface area (Å²) in [4.78, 5) is 0. The van der Waals surface area contributed by atoms with Crippen molar-refractivity contribution in [1.82, 2.24) is 5.32 Å². The smallest absolute Gasteiger partial charge is 0.0136 e. The first-order valence-electron chi connectivity index (χ1n) is 6.61. The van der Waals surface area contributed by atoms with Crippen LogP contribution in [0.4, 0.5) is 0 Å². The number of nitrogens with one attached hydrogen (secondary N) is 1. The lowest BCUT2D eigenvalue weighted by Gasteiger charge is -2.25. The minimum Gasteiger partial charge on any atom is -0.314 e. The van der Waals surface area contributed by atoms with Crippen molar-refractivity contribution in [2.75, 3.05) is 6.54 Å². The highest BCUT2D eigenvalue weighted by Gasteiger charge is 2.47. The molecule has 0 aromatic carbocycles. The van der Waals surface area contributed by atoms with E-state index >= 15 is 0 Å². The van der Waals surface area contributed by atoms with Crippen molar-refractivity contribution < 1.29 is 0 Å². The van der Waals surface area contributed by atoms with Crippen LogP contribution in [0.5, 0.6) is 0 Å². The zero-order valence-electron chi connectivity index (χ0n) is 9.99. The molecule has 3 unspecified atom stereocenters. The molecule has 0 aliphatic heterocycles. The maximum atomic E-state index is 3.71. The van der Waals surface area contributed by atoms with Gasteiger partial charge in [-0.05, 0) is 72.4 Å². The predicted octanol–water partition coefficient (Wildman–Crippen LogP) is 3.31. The first-order chi connectivity index (χ1) is 7.86. The van der Waals surface area contributed by atoms with Gasteiger partial charge in [-0.3, -0.25) is 0 Å². The van der Waals surface area contributed by atoms with Crippen LogP contribution in [0, 0.1) is 17.8 Å². The van der Waals surface area contributed by atoms with E-state index in [2.05, 4.69) is 29.1 Å². The lowest BCUT2D eigenvalue weighted by atomic mass is 9.90. The van der Waals surface area contributed by atoms with Gasteiger partial charge in [0.2, 0.25) is 0 Å². The molecule has 0 bridgehead atoms. The monoisotopic (exact) mass is 235 g/mol. The first kappa shape index (κ1) is 10.8. The number of hydrogen-bond donors (Lipinski definition) is 1. The summed E-state index contributed by atoms with van der Waals surface area (Å²) in [6.45, 7) is 3.34. The summed E-state index contributed by atoms with van der Waals surface area (Å²) in [5.74, 6) is 3.16. The number of likely N-dealkylation sites (N-methyl/N-ethyl adjacent to an activating group) is 1. The van der Waals surface area contributed by atoms with E-state index in [0.717, 1.165) is 30.3 Å². The van der Waals surface area contributed by atoms with Crippen molar-refractivity contribution in [3.05, 3.63) is 22.4 Å². The van der Waals surface area contributed by atoms with Crippen LogP contribution in [0.3, 0.4) is 0 Å². The SMILES string of the molecule is CCNC(Cc1ccsc1)C1CC2CC2C1. The van der Waals surface area contributed by atoms with Crippen LogP contribution in [0.25, 0.3) is 0 Å². The van der Waals surface area contributed by atoms with Gasteiger partial charge in [-0.25, -0.2) is 0 Å². The zero-order valence-corrected chi connectivity index (χ0v) is 10.8. The first-order valence-corrected chi connectivity index (χ1v) is 7.55. The molecule has 0 saturated heterocycles. The van der Waals surface area contributed by atoms with Crippen molar-refractivity contribution in [1.29, 1.82) is 0 Å². The number of fused-ring (bicyclic) bond motifs is 1. The third-order valence-electron chi connectivity index (χ3n) is 4.35. The summed E-state index contributed by atoms with van der Waals surface area (Å²) in [5.41, 5.74) is 1.52. The second-order valence-corrected chi connectivity index (χ2v) is 6.27. The van der Waals surface area contributed by atoms with Crippen LogP contribution in [0.15, 0.2) is 16.8 Å². The third-order valence-corrected chi connectivity index (χ3v) is 5.08. The second-order valence-electron chi connectivity index (χ2n) is 5.49. The van der Waals surface area contributed by atoms with Crippen molar-refractivity contribution in [3.8, 4) is 0 Å². The Kier molecular flexibility index (Phi) is 3.03. The molecule has 88 valence electrons. The molecule has 3 atom stereocenters. The Bertz CT molecular complexity index is 323. The topological polar surface area (TPSA) is 12.0 Å². The molecule has 1 aromatic rings. The molecule has 0 spiro atoms. The standard InChI is InChI=1S/C14H21NS/c1-2-15-14(5-10-3-4-16-9-10)13-7-11-6-12(11)8-13/h3-4,9,11-15H,2,5-8H2,1H3. The van der Waals surface area contributed by atoms with E-state index in [-0.39, 0.29) is 0 Å². The van der Waals surface area contributed by atoms with Gasteiger partial charge in [0.05, 0.1) is 0 Å². The van der Waals surface area contributed by atoms with E-state index < -0.39 is 0 Å². The van der Waals surface area contributed by atoms with E-state index in [1.807, 2.05) is 11.3 Å². The largest absolute Gasteiger partial charge is 0.314 e. The van der Waals surface area contributed by atoms with Gasteiger partial charge in [-0.1, -0.05) is 6.92 Å². The molecule has 1 aromatic heterocycles. The van der Waals surface area contributed by atoms with Crippen LogP contribution in [0.2, 0.25) is 0 Å². The third kappa shape index (κ3) is 2.18. The van der Waals surface area contributed by atoms with Gasteiger partial charge >= 0.3 is 0 Å². The number of rotatable bonds is 5. The Labute approximate surface area is 102 Å². The minimum absolute atomic E-state index is 0.729. The van der Waals surface area contributed by atoms with Crippen molar-refractivity contribution in [2.45, 2.75) is 38.6 Å². The van der Waals surface area contributed by atoms with Gasteiger partial charge in [0, 0.05) is 6.04 Å². The highest BCUT2D eigenvalue weighted by atomic mass is 32.1. The minimum atomic E-state index is 0.729. The van der Waals surface area contributed by atoms with Crippen LogP contribution >= 0.6 is 11.3 Å². The average molecular weight is 235 g/mol. The summed E-state index contributed by atoms with van der Waals surface area (Å²) in [5, 5.41) is 8.21. The fourth-order valence-electron chi connectivity index (χ4n) is 3.42. The highest BCUT2D eigenvalue weighted by molar-refractivity contribution is 7.07. The number of thiophene rings is 1. The van der Waals surface area contributed by atoms with Crippen molar-refractivity contribution in [3.63, 3.8) is 0 Å². The quantitative estimate of drug-likeness (QED) is 0.825. The molecule has 0 amide bonds. The van der Waals surface area contributed by atoms with Crippen molar-refractivity contribution >= 4 is 11.3 Å². The van der Waals surface area contributed by atoms with Gasteiger partial charge in [0.1, 0.15) is 0 Å². The van der Waals surface area contributed by atoms with E-state index in [1.54, 1.807) is 0 Å². The summed E-state index contributed by atoms with van der Waals surface area (Å²) in [6, 6.07) is 3.01. The average Bonchev–Trinajstić information content (AvgIpc) is 2.72. The van der Waals surface area contributed by atoms with Gasteiger partial charge in [-0.15, -0.1) is 0 Å². The molecule has 1 heterocycles. The van der Waals surface area contributed by atoms with Gasteiger partial charge in [-0.2, -0.15) is 11.3 Å². The molecule has 2 aliphatic rings. The highest BCUT2D eigenvalue weighted by Crippen LogP contribution is 2.55. The van der Waals surface area contributed by atoms with Gasteiger partial charge in [0.15, 0.2) is 0 Å². The predicted molar refractivity (Wildman–Crippen MR) is 69.8 cm³/mol. The Balaban J connectivity index is 1.61.